The van der Waals surface area contributed by atoms with E-state index in [9.17, 15) is 8.42 Å². The van der Waals surface area contributed by atoms with Crippen molar-refractivity contribution in [3.05, 3.63) is 0 Å². The third kappa shape index (κ3) is 3.17. The van der Waals surface area contributed by atoms with Gasteiger partial charge in [-0.15, -0.1) is 11.6 Å². The van der Waals surface area contributed by atoms with Gasteiger partial charge in [-0.1, -0.05) is 0 Å². The summed E-state index contributed by atoms with van der Waals surface area (Å²) < 4.78 is 28.2. The molecule has 0 saturated carbocycles. The smallest absolute Gasteiger partial charge is 0.282 e. The lowest BCUT2D eigenvalue weighted by Crippen LogP contribution is -2.54. The molecule has 18 heavy (non-hydrogen) atoms. The van der Waals surface area contributed by atoms with E-state index in [1.807, 2.05) is 7.05 Å². The average molecular weight is 296 g/mol. The first-order valence-corrected chi connectivity index (χ1v) is 8.47. The molecule has 1 atom stereocenters. The van der Waals surface area contributed by atoms with E-state index in [0.717, 1.165) is 25.9 Å². The quantitative estimate of drug-likeness (QED) is 0.709. The predicted molar refractivity (Wildman–Crippen MR) is 73.0 cm³/mol. The fourth-order valence-corrected chi connectivity index (χ4v) is 4.51. The number of hydrogen-bond acceptors (Lipinski definition) is 3. The van der Waals surface area contributed by atoms with Crippen LogP contribution in [0.2, 0.25) is 0 Å². The third-order valence-electron chi connectivity index (χ3n) is 3.81. The van der Waals surface area contributed by atoms with Crippen molar-refractivity contribution in [2.75, 3.05) is 52.2 Å². The van der Waals surface area contributed by atoms with Gasteiger partial charge in [0, 0.05) is 45.1 Å². The van der Waals surface area contributed by atoms with Gasteiger partial charge in [0.25, 0.3) is 10.2 Å². The summed E-state index contributed by atoms with van der Waals surface area (Å²) in [5, 5.41) is 0. The molecule has 7 heteroatoms. The van der Waals surface area contributed by atoms with E-state index >= 15 is 0 Å². The van der Waals surface area contributed by atoms with E-state index in [1.54, 1.807) is 8.61 Å². The molecular weight excluding hydrogens is 274 g/mol. The first-order valence-electron chi connectivity index (χ1n) is 6.54. The van der Waals surface area contributed by atoms with Gasteiger partial charge in [0.2, 0.25) is 0 Å². The molecule has 2 aliphatic rings. The fourth-order valence-electron chi connectivity index (χ4n) is 2.54. The highest BCUT2D eigenvalue weighted by Crippen LogP contribution is 2.22. The Morgan fingerprint density at radius 3 is 2.39 bits per heavy atom. The highest BCUT2D eigenvalue weighted by molar-refractivity contribution is 7.86. The van der Waals surface area contributed by atoms with Gasteiger partial charge in [-0.05, 0) is 25.8 Å². The van der Waals surface area contributed by atoms with Crippen molar-refractivity contribution in [1.29, 1.82) is 0 Å². The molecule has 0 spiro atoms. The molecule has 2 aliphatic heterocycles. The number of rotatable bonds is 3. The van der Waals surface area contributed by atoms with Crippen molar-refractivity contribution < 1.29 is 8.42 Å². The number of nitrogens with zero attached hydrogens (tertiary/aromatic N) is 3. The maximum absolute atomic E-state index is 12.5. The minimum absolute atomic E-state index is 0.308. The van der Waals surface area contributed by atoms with Crippen LogP contribution in [-0.2, 0) is 10.2 Å². The van der Waals surface area contributed by atoms with E-state index in [2.05, 4.69) is 4.90 Å². The van der Waals surface area contributed by atoms with Gasteiger partial charge in [0.05, 0.1) is 0 Å². The van der Waals surface area contributed by atoms with Crippen LogP contribution < -0.4 is 0 Å². The van der Waals surface area contributed by atoms with Crippen LogP contribution in [0.25, 0.3) is 0 Å². The molecule has 0 amide bonds. The molecule has 5 nitrogen and oxygen atoms in total. The molecule has 0 aliphatic carbocycles. The van der Waals surface area contributed by atoms with Crippen molar-refractivity contribution in [2.45, 2.75) is 12.8 Å². The summed E-state index contributed by atoms with van der Waals surface area (Å²) in [6.07, 6.45) is 1.96. The largest absolute Gasteiger partial charge is 0.304 e. The maximum Gasteiger partial charge on any atom is 0.282 e. The number of piperidine rings is 1. The van der Waals surface area contributed by atoms with Crippen molar-refractivity contribution in [2.24, 2.45) is 5.92 Å². The van der Waals surface area contributed by atoms with E-state index in [4.69, 9.17) is 11.6 Å². The number of piperazine rings is 1. The van der Waals surface area contributed by atoms with Gasteiger partial charge in [0.15, 0.2) is 0 Å². The Bertz CT molecular complexity index is 368. The normalized spacial score (nSPS) is 29.6. The van der Waals surface area contributed by atoms with Crippen molar-refractivity contribution in [1.82, 2.24) is 13.5 Å². The van der Waals surface area contributed by atoms with Gasteiger partial charge in [-0.3, -0.25) is 0 Å². The average Bonchev–Trinajstić information content (AvgIpc) is 2.39. The number of hydrogen-bond donors (Lipinski definition) is 0. The third-order valence-corrected chi connectivity index (χ3v) is 6.25. The Morgan fingerprint density at radius 2 is 1.78 bits per heavy atom. The molecule has 0 radical (unpaired) electrons. The number of alkyl halides is 1. The Balaban J connectivity index is 2.01. The molecule has 2 heterocycles. The SMILES string of the molecule is CN1CCN(S(=O)(=O)N2CCCC(CCl)C2)CC1. The zero-order valence-electron chi connectivity index (χ0n) is 10.9. The maximum atomic E-state index is 12.5. The van der Waals surface area contributed by atoms with E-state index in [0.29, 0.717) is 38.0 Å². The van der Waals surface area contributed by atoms with Gasteiger partial charge < -0.3 is 4.90 Å². The second kappa shape index (κ2) is 6.05. The predicted octanol–water partition coefficient (Wildman–Crippen LogP) is 0.429. The molecule has 2 rings (SSSR count). The van der Waals surface area contributed by atoms with E-state index in [-0.39, 0.29) is 0 Å². The highest BCUT2D eigenvalue weighted by atomic mass is 35.5. The van der Waals surface area contributed by atoms with Crippen molar-refractivity contribution in [3.63, 3.8) is 0 Å². The zero-order valence-corrected chi connectivity index (χ0v) is 12.5. The van der Waals surface area contributed by atoms with Crippen molar-refractivity contribution in [3.8, 4) is 0 Å². The van der Waals surface area contributed by atoms with Crippen LogP contribution in [-0.4, -0.2) is 74.1 Å². The lowest BCUT2D eigenvalue weighted by molar-refractivity contribution is 0.200. The highest BCUT2D eigenvalue weighted by Gasteiger charge is 2.34. The minimum atomic E-state index is -3.27. The summed E-state index contributed by atoms with van der Waals surface area (Å²) in [6.45, 7) is 4.04. The topological polar surface area (TPSA) is 43.9 Å². The van der Waals surface area contributed by atoms with Gasteiger partial charge in [0.1, 0.15) is 0 Å². The number of halogens is 1. The van der Waals surface area contributed by atoms with E-state index in [1.165, 1.54) is 0 Å². The molecule has 0 aromatic carbocycles. The summed E-state index contributed by atoms with van der Waals surface area (Å²) in [6, 6.07) is 0. The molecule has 0 aromatic heterocycles. The first-order chi connectivity index (χ1) is 8.54. The van der Waals surface area contributed by atoms with Crippen LogP contribution >= 0.6 is 11.6 Å². The van der Waals surface area contributed by atoms with Crippen LogP contribution in [0.5, 0.6) is 0 Å². The molecule has 0 N–H and O–H groups in total. The Kier molecular flexibility index (Phi) is 4.88. The minimum Gasteiger partial charge on any atom is -0.304 e. The van der Waals surface area contributed by atoms with Crippen molar-refractivity contribution >= 4 is 21.8 Å². The van der Waals surface area contributed by atoms with Gasteiger partial charge in [-0.2, -0.15) is 17.0 Å². The van der Waals surface area contributed by atoms with Crippen LogP contribution in [0.3, 0.4) is 0 Å². The van der Waals surface area contributed by atoms with Crippen LogP contribution in [0.15, 0.2) is 0 Å². The summed E-state index contributed by atoms with van der Waals surface area (Å²) >= 11 is 5.86. The Labute approximate surface area is 115 Å². The molecule has 2 saturated heterocycles. The van der Waals surface area contributed by atoms with E-state index < -0.39 is 10.2 Å². The molecule has 1 unspecified atom stereocenters. The molecule has 106 valence electrons. The number of likely N-dealkylation sites (N-methyl/N-ethyl adjacent to an activating group) is 1. The molecule has 0 aromatic rings. The Hall–Kier alpha value is 0.120. The summed E-state index contributed by atoms with van der Waals surface area (Å²) in [5.74, 6) is 0.858. The van der Waals surface area contributed by atoms with Crippen LogP contribution in [0.1, 0.15) is 12.8 Å². The fraction of sp³-hybridized carbons (Fsp3) is 1.00. The van der Waals surface area contributed by atoms with Gasteiger partial charge >= 0.3 is 0 Å². The van der Waals surface area contributed by atoms with Crippen LogP contribution in [0, 0.1) is 5.92 Å². The second-order valence-corrected chi connectivity index (χ2v) is 7.47. The molecule has 0 bridgehead atoms. The first kappa shape index (κ1) is 14.5. The monoisotopic (exact) mass is 295 g/mol. The lowest BCUT2D eigenvalue weighted by atomic mass is 10.0. The standard InChI is InChI=1S/C11H22ClN3O2S/c1-13-5-7-14(8-6-13)18(16,17)15-4-2-3-11(9-12)10-15/h11H,2-10H2,1H3. The van der Waals surface area contributed by atoms with Crippen LogP contribution in [0.4, 0.5) is 0 Å². The summed E-state index contributed by atoms with van der Waals surface area (Å²) in [5.41, 5.74) is 0. The summed E-state index contributed by atoms with van der Waals surface area (Å²) in [7, 11) is -1.25. The lowest BCUT2D eigenvalue weighted by Gasteiger charge is -2.38. The summed E-state index contributed by atoms with van der Waals surface area (Å²) in [4.78, 5) is 2.16. The molecule has 2 fully saturated rings. The second-order valence-electron chi connectivity index (χ2n) is 5.23. The van der Waals surface area contributed by atoms with Gasteiger partial charge in [-0.25, -0.2) is 0 Å². The zero-order chi connectivity index (χ0) is 13.2. The molecular formula is C11H22ClN3O2S. The Morgan fingerprint density at radius 1 is 1.11 bits per heavy atom.